The highest BCUT2D eigenvalue weighted by molar-refractivity contribution is 7.08. The number of hydrogen-bond donors (Lipinski definition) is 1. The SMILES string of the molecule is Cc1ccc([N+](=O)[O-])c(N2CCC(NC(=O)c3ccsc3)CC2)c1. The van der Waals surface area contributed by atoms with E-state index in [1.807, 2.05) is 34.7 Å². The first-order chi connectivity index (χ1) is 11.5. The van der Waals surface area contributed by atoms with Crippen molar-refractivity contribution in [3.63, 3.8) is 0 Å². The van der Waals surface area contributed by atoms with Gasteiger partial charge in [0.25, 0.3) is 11.6 Å². The molecule has 126 valence electrons. The number of amides is 1. The lowest BCUT2D eigenvalue weighted by Crippen LogP contribution is -2.44. The Labute approximate surface area is 144 Å². The Kier molecular flexibility index (Phi) is 4.80. The minimum Gasteiger partial charge on any atom is -0.366 e. The average molecular weight is 345 g/mol. The van der Waals surface area contributed by atoms with Crippen LogP contribution in [-0.4, -0.2) is 30.0 Å². The summed E-state index contributed by atoms with van der Waals surface area (Å²) in [7, 11) is 0. The Balaban J connectivity index is 1.64. The lowest BCUT2D eigenvalue weighted by atomic mass is 10.0. The molecule has 0 aliphatic carbocycles. The van der Waals surface area contributed by atoms with E-state index in [0.29, 0.717) is 24.3 Å². The molecule has 0 radical (unpaired) electrons. The van der Waals surface area contributed by atoms with Crippen molar-refractivity contribution < 1.29 is 9.72 Å². The fraction of sp³-hybridized carbons (Fsp3) is 0.353. The molecule has 24 heavy (non-hydrogen) atoms. The number of carbonyl (C=O) groups excluding carboxylic acids is 1. The summed E-state index contributed by atoms with van der Waals surface area (Å²) >= 11 is 1.50. The second-order valence-electron chi connectivity index (χ2n) is 6.00. The third kappa shape index (κ3) is 3.56. The molecule has 1 N–H and O–H groups in total. The first-order valence-corrected chi connectivity index (χ1v) is 8.82. The van der Waals surface area contributed by atoms with Crippen LogP contribution in [0.4, 0.5) is 11.4 Å². The van der Waals surface area contributed by atoms with Gasteiger partial charge >= 0.3 is 0 Å². The zero-order valence-corrected chi connectivity index (χ0v) is 14.2. The molecule has 0 saturated carbocycles. The largest absolute Gasteiger partial charge is 0.366 e. The maximum Gasteiger partial charge on any atom is 0.292 e. The van der Waals surface area contributed by atoms with Gasteiger partial charge in [0.1, 0.15) is 5.69 Å². The van der Waals surface area contributed by atoms with Gasteiger partial charge in [-0.1, -0.05) is 6.07 Å². The molecule has 0 unspecified atom stereocenters. The van der Waals surface area contributed by atoms with Gasteiger partial charge in [0, 0.05) is 36.1 Å². The Bertz CT molecular complexity index is 738. The summed E-state index contributed by atoms with van der Waals surface area (Å²) in [5, 5.41) is 18.0. The van der Waals surface area contributed by atoms with Crippen molar-refractivity contribution >= 4 is 28.6 Å². The van der Waals surface area contributed by atoms with E-state index in [1.165, 1.54) is 11.3 Å². The van der Waals surface area contributed by atoms with E-state index < -0.39 is 0 Å². The molecule has 6 nitrogen and oxygen atoms in total. The van der Waals surface area contributed by atoms with Gasteiger partial charge in [0.15, 0.2) is 0 Å². The average Bonchev–Trinajstić information content (AvgIpc) is 3.10. The zero-order chi connectivity index (χ0) is 17.1. The van der Waals surface area contributed by atoms with Gasteiger partial charge in [-0.05, 0) is 42.8 Å². The first-order valence-electron chi connectivity index (χ1n) is 7.87. The first kappa shape index (κ1) is 16.4. The number of nitro groups is 1. The normalized spacial score (nSPS) is 15.3. The third-order valence-corrected chi connectivity index (χ3v) is 4.97. The van der Waals surface area contributed by atoms with Gasteiger partial charge in [-0.3, -0.25) is 14.9 Å². The number of nitrogens with zero attached hydrogens (tertiary/aromatic N) is 2. The number of rotatable bonds is 4. The van der Waals surface area contributed by atoms with E-state index in [2.05, 4.69) is 5.32 Å². The van der Waals surface area contributed by atoms with Crippen LogP contribution in [0.3, 0.4) is 0 Å². The lowest BCUT2D eigenvalue weighted by Gasteiger charge is -2.33. The minimum absolute atomic E-state index is 0.0452. The fourth-order valence-corrected chi connectivity index (χ4v) is 3.60. The van der Waals surface area contributed by atoms with Gasteiger partial charge in [0.05, 0.1) is 4.92 Å². The van der Waals surface area contributed by atoms with Crippen LogP contribution in [0.1, 0.15) is 28.8 Å². The third-order valence-electron chi connectivity index (χ3n) is 4.28. The predicted molar refractivity (Wildman–Crippen MR) is 94.9 cm³/mol. The van der Waals surface area contributed by atoms with Gasteiger partial charge < -0.3 is 10.2 Å². The van der Waals surface area contributed by atoms with E-state index in [4.69, 9.17) is 0 Å². The van der Waals surface area contributed by atoms with Crippen LogP contribution < -0.4 is 10.2 Å². The molecule has 1 aliphatic rings. The Hall–Kier alpha value is -2.41. The molecule has 0 bridgehead atoms. The Morgan fingerprint density at radius 3 is 2.71 bits per heavy atom. The van der Waals surface area contributed by atoms with Gasteiger partial charge in [-0.25, -0.2) is 0 Å². The quantitative estimate of drug-likeness (QED) is 0.681. The van der Waals surface area contributed by atoms with E-state index in [9.17, 15) is 14.9 Å². The minimum atomic E-state index is -0.334. The van der Waals surface area contributed by atoms with Crippen LogP contribution in [0, 0.1) is 17.0 Å². The number of aryl methyl sites for hydroxylation is 1. The Morgan fingerprint density at radius 2 is 2.08 bits per heavy atom. The molecule has 1 aromatic carbocycles. The molecular weight excluding hydrogens is 326 g/mol. The molecule has 0 spiro atoms. The van der Waals surface area contributed by atoms with Crippen molar-refractivity contribution in [1.82, 2.24) is 5.32 Å². The van der Waals surface area contributed by atoms with Crippen molar-refractivity contribution in [2.45, 2.75) is 25.8 Å². The summed E-state index contributed by atoms with van der Waals surface area (Å²) in [5.41, 5.74) is 2.50. The molecule has 1 aromatic heterocycles. The summed E-state index contributed by atoms with van der Waals surface area (Å²) in [6.45, 7) is 3.32. The molecule has 1 aliphatic heterocycles. The van der Waals surface area contributed by atoms with Gasteiger partial charge in [0.2, 0.25) is 0 Å². The van der Waals surface area contributed by atoms with Crippen molar-refractivity contribution in [1.29, 1.82) is 0 Å². The van der Waals surface area contributed by atoms with Crippen LogP contribution in [0.5, 0.6) is 0 Å². The van der Waals surface area contributed by atoms with Crippen molar-refractivity contribution in [2.24, 2.45) is 0 Å². The maximum atomic E-state index is 12.1. The molecule has 2 heterocycles. The number of anilines is 1. The second kappa shape index (κ2) is 7.00. The van der Waals surface area contributed by atoms with E-state index >= 15 is 0 Å². The van der Waals surface area contributed by atoms with Gasteiger partial charge in [-0.15, -0.1) is 0 Å². The van der Waals surface area contributed by atoms with Crippen molar-refractivity contribution in [3.8, 4) is 0 Å². The standard InChI is InChI=1S/C17H19N3O3S/c1-12-2-3-15(20(22)23)16(10-12)19-7-4-14(5-8-19)18-17(21)13-6-9-24-11-13/h2-3,6,9-11,14H,4-5,7-8H2,1H3,(H,18,21). The van der Waals surface area contributed by atoms with Crippen LogP contribution in [0.15, 0.2) is 35.0 Å². The van der Waals surface area contributed by atoms with E-state index in [1.54, 1.807) is 12.1 Å². The molecule has 0 atom stereocenters. The molecule has 1 amide bonds. The molecule has 3 rings (SSSR count). The predicted octanol–water partition coefficient (Wildman–Crippen LogP) is 3.36. The van der Waals surface area contributed by atoms with Gasteiger partial charge in [-0.2, -0.15) is 11.3 Å². The van der Waals surface area contributed by atoms with E-state index in [0.717, 1.165) is 18.4 Å². The molecule has 7 heteroatoms. The van der Waals surface area contributed by atoms with Crippen LogP contribution in [0.25, 0.3) is 0 Å². The molecule has 1 saturated heterocycles. The summed E-state index contributed by atoms with van der Waals surface area (Å²) in [4.78, 5) is 25.1. The van der Waals surface area contributed by atoms with Crippen LogP contribution in [0.2, 0.25) is 0 Å². The monoisotopic (exact) mass is 345 g/mol. The number of benzene rings is 1. The number of nitro benzene ring substituents is 1. The second-order valence-corrected chi connectivity index (χ2v) is 6.78. The summed E-state index contributed by atoms with van der Waals surface area (Å²) in [6, 6.07) is 7.11. The number of thiophene rings is 1. The maximum absolute atomic E-state index is 12.1. The highest BCUT2D eigenvalue weighted by atomic mass is 32.1. The number of piperidine rings is 1. The summed E-state index contributed by atoms with van der Waals surface area (Å²) in [5.74, 6) is -0.0452. The zero-order valence-electron chi connectivity index (χ0n) is 13.4. The van der Waals surface area contributed by atoms with Crippen LogP contribution >= 0.6 is 11.3 Å². The lowest BCUT2D eigenvalue weighted by molar-refractivity contribution is -0.384. The number of carbonyl (C=O) groups is 1. The molecule has 2 aromatic rings. The van der Waals surface area contributed by atoms with Crippen molar-refractivity contribution in [3.05, 3.63) is 56.3 Å². The van der Waals surface area contributed by atoms with Crippen LogP contribution in [-0.2, 0) is 0 Å². The smallest absolute Gasteiger partial charge is 0.292 e. The topological polar surface area (TPSA) is 75.5 Å². The summed E-state index contributed by atoms with van der Waals surface area (Å²) in [6.07, 6.45) is 1.56. The highest BCUT2D eigenvalue weighted by Gasteiger charge is 2.25. The molecule has 1 fully saturated rings. The van der Waals surface area contributed by atoms with E-state index in [-0.39, 0.29) is 22.6 Å². The summed E-state index contributed by atoms with van der Waals surface area (Å²) < 4.78 is 0. The number of nitrogens with one attached hydrogen (secondary N) is 1. The highest BCUT2D eigenvalue weighted by Crippen LogP contribution is 2.31. The Morgan fingerprint density at radius 1 is 1.33 bits per heavy atom. The van der Waals surface area contributed by atoms with Crippen molar-refractivity contribution in [2.75, 3.05) is 18.0 Å². The number of hydrogen-bond acceptors (Lipinski definition) is 5. The fourth-order valence-electron chi connectivity index (χ4n) is 2.97. The molecular formula is C17H19N3O3S.